The zero-order valence-electron chi connectivity index (χ0n) is 11.7. The van der Waals surface area contributed by atoms with Crippen molar-refractivity contribution in [1.82, 2.24) is 5.32 Å². The van der Waals surface area contributed by atoms with Crippen molar-refractivity contribution in [3.05, 3.63) is 29.3 Å². The van der Waals surface area contributed by atoms with E-state index in [1.54, 1.807) is 0 Å². The molecule has 0 amide bonds. The lowest BCUT2D eigenvalue weighted by Gasteiger charge is -2.26. The highest BCUT2D eigenvalue weighted by atomic mass is 16.5. The predicted octanol–water partition coefficient (Wildman–Crippen LogP) is 3.67. The fraction of sp³-hybridized carbons (Fsp3) is 0.625. The Kier molecular flexibility index (Phi) is 5.06. The van der Waals surface area contributed by atoms with Gasteiger partial charge in [-0.15, -0.1) is 0 Å². The fourth-order valence-corrected chi connectivity index (χ4v) is 2.32. The minimum absolute atomic E-state index is 0.793. The standard InChI is InChI=1S/C16H25NO/c1-3-10-17-11-15-9-4-6-13(2)16(15)18-12-14-7-5-8-14/h4,6,9,14,17H,3,5,7-8,10-12H2,1-2H3. The highest BCUT2D eigenvalue weighted by Gasteiger charge is 2.18. The number of rotatable bonds is 7. The molecule has 1 aromatic rings. The summed E-state index contributed by atoms with van der Waals surface area (Å²) in [6, 6.07) is 6.43. The monoisotopic (exact) mass is 247 g/mol. The van der Waals surface area contributed by atoms with Crippen LogP contribution in [-0.4, -0.2) is 13.2 Å². The molecule has 0 atom stereocenters. The molecule has 18 heavy (non-hydrogen) atoms. The third-order valence-electron chi connectivity index (χ3n) is 3.72. The number of benzene rings is 1. The third kappa shape index (κ3) is 3.49. The molecule has 0 saturated heterocycles. The van der Waals surface area contributed by atoms with Gasteiger partial charge in [0.05, 0.1) is 6.61 Å². The Morgan fingerprint density at radius 2 is 2.17 bits per heavy atom. The molecule has 1 aliphatic rings. The Labute approximate surface area is 111 Å². The Bertz CT molecular complexity index is 371. The van der Waals surface area contributed by atoms with Crippen LogP contribution in [0.2, 0.25) is 0 Å². The average Bonchev–Trinajstić information content (AvgIpc) is 2.30. The molecule has 2 rings (SSSR count). The zero-order valence-corrected chi connectivity index (χ0v) is 11.7. The van der Waals surface area contributed by atoms with Crippen LogP contribution in [0.15, 0.2) is 18.2 Å². The van der Waals surface area contributed by atoms with Gasteiger partial charge in [0.2, 0.25) is 0 Å². The number of aryl methyl sites for hydroxylation is 1. The Balaban J connectivity index is 1.95. The van der Waals surface area contributed by atoms with Crippen LogP contribution in [0.3, 0.4) is 0 Å². The Hall–Kier alpha value is -1.02. The van der Waals surface area contributed by atoms with Gasteiger partial charge in [-0.1, -0.05) is 31.5 Å². The second-order valence-electron chi connectivity index (χ2n) is 5.35. The summed E-state index contributed by atoms with van der Waals surface area (Å²) >= 11 is 0. The van der Waals surface area contributed by atoms with Gasteiger partial charge in [-0.05, 0) is 44.2 Å². The van der Waals surface area contributed by atoms with Gasteiger partial charge in [0, 0.05) is 12.1 Å². The molecule has 1 saturated carbocycles. The minimum atomic E-state index is 0.793. The minimum Gasteiger partial charge on any atom is -0.493 e. The van der Waals surface area contributed by atoms with E-state index >= 15 is 0 Å². The van der Waals surface area contributed by atoms with Gasteiger partial charge in [-0.25, -0.2) is 0 Å². The number of hydrogen-bond donors (Lipinski definition) is 1. The first-order chi connectivity index (χ1) is 8.81. The Morgan fingerprint density at radius 1 is 1.33 bits per heavy atom. The van der Waals surface area contributed by atoms with Crippen LogP contribution in [0.4, 0.5) is 0 Å². The van der Waals surface area contributed by atoms with E-state index in [9.17, 15) is 0 Å². The summed E-state index contributed by atoms with van der Waals surface area (Å²) in [4.78, 5) is 0. The SMILES string of the molecule is CCCNCc1cccc(C)c1OCC1CCC1. The van der Waals surface area contributed by atoms with Gasteiger partial charge in [0.15, 0.2) is 0 Å². The molecule has 0 radical (unpaired) electrons. The van der Waals surface area contributed by atoms with Crippen molar-refractivity contribution in [3.8, 4) is 5.75 Å². The summed E-state index contributed by atoms with van der Waals surface area (Å²) in [7, 11) is 0. The Morgan fingerprint density at radius 3 is 2.83 bits per heavy atom. The molecular weight excluding hydrogens is 222 g/mol. The van der Waals surface area contributed by atoms with Crippen LogP contribution in [0.1, 0.15) is 43.7 Å². The van der Waals surface area contributed by atoms with E-state index in [-0.39, 0.29) is 0 Å². The second kappa shape index (κ2) is 6.79. The molecule has 2 nitrogen and oxygen atoms in total. The quantitative estimate of drug-likeness (QED) is 0.742. The van der Waals surface area contributed by atoms with Gasteiger partial charge in [0.25, 0.3) is 0 Å². The molecule has 2 heteroatoms. The first-order valence-corrected chi connectivity index (χ1v) is 7.23. The van der Waals surface area contributed by atoms with E-state index in [1.165, 1.54) is 36.8 Å². The maximum Gasteiger partial charge on any atom is 0.126 e. The number of ether oxygens (including phenoxy) is 1. The highest BCUT2D eigenvalue weighted by Crippen LogP contribution is 2.29. The third-order valence-corrected chi connectivity index (χ3v) is 3.72. The van der Waals surface area contributed by atoms with Crippen LogP contribution in [0.5, 0.6) is 5.75 Å². The van der Waals surface area contributed by atoms with Crippen molar-refractivity contribution < 1.29 is 4.74 Å². The van der Waals surface area contributed by atoms with Crippen molar-refractivity contribution in [2.24, 2.45) is 5.92 Å². The first-order valence-electron chi connectivity index (χ1n) is 7.23. The van der Waals surface area contributed by atoms with E-state index in [2.05, 4.69) is 37.4 Å². The summed E-state index contributed by atoms with van der Waals surface area (Å²) in [6.07, 6.45) is 5.24. The lowest BCUT2D eigenvalue weighted by Crippen LogP contribution is -2.21. The molecular formula is C16H25NO. The number of para-hydroxylation sites is 1. The molecule has 0 heterocycles. The molecule has 1 aliphatic carbocycles. The topological polar surface area (TPSA) is 21.3 Å². The molecule has 1 fully saturated rings. The average molecular weight is 247 g/mol. The van der Waals surface area contributed by atoms with E-state index in [0.29, 0.717) is 0 Å². The van der Waals surface area contributed by atoms with E-state index in [1.807, 2.05) is 0 Å². The van der Waals surface area contributed by atoms with E-state index in [0.717, 1.165) is 31.4 Å². The van der Waals surface area contributed by atoms with E-state index in [4.69, 9.17) is 4.74 Å². The van der Waals surface area contributed by atoms with Crippen molar-refractivity contribution >= 4 is 0 Å². The van der Waals surface area contributed by atoms with Crippen LogP contribution in [0, 0.1) is 12.8 Å². The van der Waals surface area contributed by atoms with Crippen LogP contribution < -0.4 is 10.1 Å². The summed E-state index contributed by atoms with van der Waals surface area (Å²) in [5.74, 6) is 1.90. The van der Waals surface area contributed by atoms with Crippen molar-refractivity contribution in [1.29, 1.82) is 0 Å². The lowest BCUT2D eigenvalue weighted by atomic mass is 9.86. The fourth-order valence-electron chi connectivity index (χ4n) is 2.32. The molecule has 0 aliphatic heterocycles. The summed E-state index contributed by atoms with van der Waals surface area (Å²) in [5.41, 5.74) is 2.55. The maximum absolute atomic E-state index is 6.06. The predicted molar refractivity (Wildman–Crippen MR) is 76.0 cm³/mol. The second-order valence-corrected chi connectivity index (χ2v) is 5.35. The number of hydrogen-bond acceptors (Lipinski definition) is 2. The molecule has 1 N–H and O–H groups in total. The van der Waals surface area contributed by atoms with Crippen LogP contribution in [0.25, 0.3) is 0 Å². The van der Waals surface area contributed by atoms with Gasteiger partial charge in [-0.3, -0.25) is 0 Å². The first kappa shape index (κ1) is 13.4. The molecule has 0 unspecified atom stereocenters. The van der Waals surface area contributed by atoms with Crippen molar-refractivity contribution in [3.63, 3.8) is 0 Å². The summed E-state index contributed by atoms with van der Waals surface area (Å²) in [5, 5.41) is 3.45. The van der Waals surface area contributed by atoms with Crippen molar-refractivity contribution in [2.45, 2.75) is 46.1 Å². The number of nitrogens with one attached hydrogen (secondary N) is 1. The maximum atomic E-state index is 6.06. The molecule has 0 bridgehead atoms. The summed E-state index contributed by atoms with van der Waals surface area (Å²) < 4.78 is 6.06. The van der Waals surface area contributed by atoms with Gasteiger partial charge in [0.1, 0.15) is 5.75 Å². The molecule has 1 aromatic carbocycles. The van der Waals surface area contributed by atoms with Crippen LogP contribution in [-0.2, 0) is 6.54 Å². The summed E-state index contributed by atoms with van der Waals surface area (Å²) in [6.45, 7) is 7.20. The van der Waals surface area contributed by atoms with Gasteiger partial charge < -0.3 is 10.1 Å². The van der Waals surface area contributed by atoms with Gasteiger partial charge >= 0.3 is 0 Å². The smallest absolute Gasteiger partial charge is 0.126 e. The largest absolute Gasteiger partial charge is 0.493 e. The van der Waals surface area contributed by atoms with Crippen molar-refractivity contribution in [2.75, 3.05) is 13.2 Å². The van der Waals surface area contributed by atoms with Gasteiger partial charge in [-0.2, -0.15) is 0 Å². The normalized spacial score (nSPS) is 15.4. The lowest BCUT2D eigenvalue weighted by molar-refractivity contribution is 0.178. The molecule has 100 valence electrons. The highest BCUT2D eigenvalue weighted by molar-refractivity contribution is 5.40. The van der Waals surface area contributed by atoms with Crippen LogP contribution >= 0.6 is 0 Å². The zero-order chi connectivity index (χ0) is 12.8. The molecule has 0 spiro atoms. The molecule has 0 aromatic heterocycles. The van der Waals surface area contributed by atoms with E-state index < -0.39 is 0 Å².